The molecule has 7 heteroatoms. The third-order valence-corrected chi connectivity index (χ3v) is 3.43. The van der Waals surface area contributed by atoms with Gasteiger partial charge in [0.15, 0.2) is 0 Å². The van der Waals surface area contributed by atoms with Crippen LogP contribution in [0.15, 0.2) is 48.5 Å². The molecule has 0 spiro atoms. The number of nitro groups is 1. The lowest BCUT2D eigenvalue weighted by molar-refractivity contribution is -0.384. The molecule has 6 nitrogen and oxygen atoms in total. The fourth-order valence-corrected chi connectivity index (χ4v) is 2.17. The van der Waals surface area contributed by atoms with Crippen LogP contribution in [-0.4, -0.2) is 29.8 Å². The van der Waals surface area contributed by atoms with E-state index in [1.54, 1.807) is 38.4 Å². The summed E-state index contributed by atoms with van der Waals surface area (Å²) in [6.07, 6.45) is -0.884. The van der Waals surface area contributed by atoms with E-state index in [-0.39, 0.29) is 22.4 Å². The highest BCUT2D eigenvalue weighted by Crippen LogP contribution is 2.32. The molecule has 120 valence electrons. The van der Waals surface area contributed by atoms with E-state index in [0.29, 0.717) is 5.56 Å². The first-order valence-corrected chi connectivity index (χ1v) is 7.14. The van der Waals surface area contributed by atoms with Gasteiger partial charge in [0.25, 0.3) is 11.6 Å². The number of non-ortho nitro benzene ring substituents is 1. The number of ether oxygens (including phenoxy) is 1. The van der Waals surface area contributed by atoms with Gasteiger partial charge in [-0.3, -0.25) is 14.9 Å². The van der Waals surface area contributed by atoms with Crippen molar-refractivity contribution in [3.8, 4) is 5.75 Å². The van der Waals surface area contributed by atoms with Crippen LogP contribution in [0.1, 0.15) is 11.7 Å². The number of hydrogen-bond acceptors (Lipinski definition) is 4. The van der Waals surface area contributed by atoms with Gasteiger partial charge in [0.2, 0.25) is 6.10 Å². The molecule has 0 heterocycles. The van der Waals surface area contributed by atoms with E-state index in [9.17, 15) is 14.9 Å². The van der Waals surface area contributed by atoms with Gasteiger partial charge in [0, 0.05) is 31.8 Å². The van der Waals surface area contributed by atoms with Gasteiger partial charge in [0.05, 0.1) is 9.95 Å². The maximum atomic E-state index is 12.4. The van der Waals surface area contributed by atoms with Gasteiger partial charge in [-0.25, -0.2) is 0 Å². The van der Waals surface area contributed by atoms with Crippen LogP contribution in [0.2, 0.25) is 5.02 Å². The second-order valence-corrected chi connectivity index (χ2v) is 5.42. The van der Waals surface area contributed by atoms with Crippen molar-refractivity contribution < 1.29 is 14.5 Å². The Morgan fingerprint density at radius 1 is 1.22 bits per heavy atom. The fourth-order valence-electron chi connectivity index (χ4n) is 1.95. The van der Waals surface area contributed by atoms with Crippen molar-refractivity contribution in [2.75, 3.05) is 14.1 Å². The molecule has 0 aliphatic rings. The number of carbonyl (C=O) groups is 1. The minimum Gasteiger partial charge on any atom is -0.474 e. The number of hydrogen-bond donors (Lipinski definition) is 0. The van der Waals surface area contributed by atoms with E-state index in [1.165, 1.54) is 23.1 Å². The van der Waals surface area contributed by atoms with Crippen molar-refractivity contribution >= 4 is 23.2 Å². The predicted octanol–water partition coefficient (Wildman–Crippen LogP) is 3.46. The van der Waals surface area contributed by atoms with Crippen LogP contribution in [0.25, 0.3) is 0 Å². The maximum absolute atomic E-state index is 12.4. The van der Waals surface area contributed by atoms with Gasteiger partial charge < -0.3 is 9.64 Å². The van der Waals surface area contributed by atoms with Crippen molar-refractivity contribution in [3.05, 3.63) is 69.2 Å². The third kappa shape index (κ3) is 3.98. The smallest absolute Gasteiger partial charge is 0.271 e. The first-order valence-electron chi connectivity index (χ1n) is 6.77. The van der Waals surface area contributed by atoms with Gasteiger partial charge in [-0.1, -0.05) is 41.9 Å². The molecule has 0 bridgehead atoms. The van der Waals surface area contributed by atoms with Gasteiger partial charge in [-0.2, -0.15) is 0 Å². The molecule has 1 atom stereocenters. The van der Waals surface area contributed by atoms with E-state index < -0.39 is 11.0 Å². The zero-order chi connectivity index (χ0) is 17.0. The van der Waals surface area contributed by atoms with Crippen molar-refractivity contribution in [1.29, 1.82) is 0 Å². The Morgan fingerprint density at radius 2 is 1.87 bits per heavy atom. The summed E-state index contributed by atoms with van der Waals surface area (Å²) in [5.74, 6) is -0.0491. The molecule has 0 radical (unpaired) electrons. The number of benzene rings is 2. The average Bonchev–Trinajstić information content (AvgIpc) is 2.53. The first-order chi connectivity index (χ1) is 10.9. The highest BCUT2D eigenvalue weighted by molar-refractivity contribution is 6.32. The molecule has 0 aliphatic heterocycles. The second kappa shape index (κ2) is 7.11. The Balaban J connectivity index is 2.35. The minimum absolute atomic E-state index is 0.0756. The maximum Gasteiger partial charge on any atom is 0.271 e. The Labute approximate surface area is 138 Å². The molecule has 0 saturated carbocycles. The summed E-state index contributed by atoms with van der Waals surface area (Å²) in [5, 5.41) is 10.8. The van der Waals surface area contributed by atoms with Crippen LogP contribution in [0, 0.1) is 10.1 Å². The van der Waals surface area contributed by atoms with Crippen molar-refractivity contribution in [1.82, 2.24) is 4.90 Å². The van der Waals surface area contributed by atoms with Gasteiger partial charge in [-0.15, -0.1) is 0 Å². The lowest BCUT2D eigenvalue weighted by Crippen LogP contribution is -2.31. The Kier molecular flexibility index (Phi) is 5.18. The van der Waals surface area contributed by atoms with Crippen LogP contribution < -0.4 is 4.74 Å². The van der Waals surface area contributed by atoms with Crippen molar-refractivity contribution in [2.45, 2.75) is 6.10 Å². The lowest BCUT2D eigenvalue weighted by Gasteiger charge is -2.22. The molecule has 0 fully saturated rings. The summed E-state index contributed by atoms with van der Waals surface area (Å²) >= 11 is 6.03. The van der Waals surface area contributed by atoms with E-state index in [4.69, 9.17) is 16.3 Å². The van der Waals surface area contributed by atoms with E-state index in [0.717, 1.165) is 0 Å². The average molecular weight is 335 g/mol. The molecule has 0 N–H and O–H groups in total. The van der Waals surface area contributed by atoms with Crippen LogP contribution in [0.4, 0.5) is 5.69 Å². The number of likely N-dealkylation sites (N-methyl/N-ethyl adjacent to an activating group) is 1. The van der Waals surface area contributed by atoms with Crippen LogP contribution in [0.5, 0.6) is 5.75 Å². The van der Waals surface area contributed by atoms with Gasteiger partial charge in [0.1, 0.15) is 5.75 Å². The summed E-state index contributed by atoms with van der Waals surface area (Å²) in [7, 11) is 3.25. The minimum atomic E-state index is -0.884. The van der Waals surface area contributed by atoms with Gasteiger partial charge >= 0.3 is 0 Å². The lowest BCUT2D eigenvalue weighted by atomic mass is 10.1. The zero-order valence-corrected chi connectivity index (χ0v) is 13.4. The number of amides is 1. The summed E-state index contributed by atoms with van der Waals surface area (Å²) < 4.78 is 5.74. The van der Waals surface area contributed by atoms with Crippen LogP contribution in [-0.2, 0) is 4.79 Å². The number of nitro benzene ring substituents is 1. The molecule has 23 heavy (non-hydrogen) atoms. The first kappa shape index (κ1) is 16.8. The molecule has 2 aromatic rings. The SMILES string of the molecule is CN(C)C(=O)[C@H](Oc1ccc([N+](=O)[O-])cc1Cl)c1ccccc1. The predicted molar refractivity (Wildman–Crippen MR) is 86.6 cm³/mol. The standard InChI is InChI=1S/C16H15ClN2O4/c1-18(2)16(20)15(11-6-4-3-5-7-11)23-14-9-8-12(19(21)22)10-13(14)17/h3-10,15H,1-2H3/t15-/m1/s1. The second-order valence-electron chi connectivity index (χ2n) is 5.01. The highest BCUT2D eigenvalue weighted by Gasteiger charge is 2.25. The normalized spacial score (nSPS) is 11.6. The van der Waals surface area contributed by atoms with Crippen molar-refractivity contribution in [2.24, 2.45) is 0 Å². The van der Waals surface area contributed by atoms with Gasteiger partial charge in [-0.05, 0) is 6.07 Å². The van der Waals surface area contributed by atoms with Crippen LogP contribution >= 0.6 is 11.6 Å². The highest BCUT2D eigenvalue weighted by atomic mass is 35.5. The molecule has 0 unspecified atom stereocenters. The van der Waals surface area contributed by atoms with E-state index in [1.807, 2.05) is 6.07 Å². The number of nitrogens with zero attached hydrogens (tertiary/aromatic N) is 2. The molecular formula is C16H15ClN2O4. The topological polar surface area (TPSA) is 72.7 Å². The summed E-state index contributed by atoms with van der Waals surface area (Å²) in [6, 6.07) is 12.8. The monoisotopic (exact) mass is 334 g/mol. The quantitative estimate of drug-likeness (QED) is 0.620. The molecule has 2 aromatic carbocycles. The Hall–Kier alpha value is -2.60. The fraction of sp³-hybridized carbons (Fsp3) is 0.188. The molecular weight excluding hydrogens is 320 g/mol. The van der Waals surface area contributed by atoms with E-state index >= 15 is 0 Å². The van der Waals surface area contributed by atoms with Crippen molar-refractivity contribution in [3.63, 3.8) is 0 Å². The van der Waals surface area contributed by atoms with Crippen LogP contribution in [0.3, 0.4) is 0 Å². The summed E-state index contributed by atoms with van der Waals surface area (Å²) in [5.41, 5.74) is 0.526. The van der Waals surface area contributed by atoms with E-state index in [2.05, 4.69) is 0 Å². The number of rotatable bonds is 5. The molecule has 0 saturated heterocycles. The molecule has 2 rings (SSSR count). The summed E-state index contributed by atoms with van der Waals surface area (Å²) in [6.45, 7) is 0. The largest absolute Gasteiger partial charge is 0.474 e. The Bertz CT molecular complexity index is 719. The molecule has 0 aliphatic carbocycles. The molecule has 1 amide bonds. The number of carbonyl (C=O) groups excluding carboxylic acids is 1. The molecule has 0 aromatic heterocycles. The number of halogens is 1. The Morgan fingerprint density at radius 3 is 2.39 bits per heavy atom. The third-order valence-electron chi connectivity index (χ3n) is 3.14. The zero-order valence-electron chi connectivity index (χ0n) is 12.6. The summed E-state index contributed by atoms with van der Waals surface area (Å²) in [4.78, 5) is 24.0.